The van der Waals surface area contributed by atoms with Crippen LogP contribution in [0.5, 0.6) is 0 Å². The highest BCUT2D eigenvalue weighted by Crippen LogP contribution is 2.44. The van der Waals surface area contributed by atoms with Crippen molar-refractivity contribution in [2.24, 2.45) is 0 Å². The molecule has 1 atom stereocenters. The minimum atomic E-state index is -0.955. The Labute approximate surface area is 296 Å². The Morgan fingerprint density at radius 2 is 1.41 bits per heavy atom. The van der Waals surface area contributed by atoms with Gasteiger partial charge in [-0.1, -0.05) is 97.9 Å². The number of hydrogen-bond donors (Lipinski definition) is 1. The van der Waals surface area contributed by atoms with Gasteiger partial charge < -0.3 is 19.0 Å². The first-order valence-corrected chi connectivity index (χ1v) is 16.9. The SMILES string of the molecule is CCC(C(=O)O)n1ccnc1C=O.CCOC(=O)Cn1ccnc1C=C1CN(C(c2ccccc2)(c2ccccc2)c2ccccc2)CCC1=O. The van der Waals surface area contributed by atoms with E-state index in [1.807, 2.05) is 24.3 Å². The summed E-state index contributed by atoms with van der Waals surface area (Å²) in [6, 6.07) is 30.7. The maximum Gasteiger partial charge on any atom is 0.326 e. The van der Waals surface area contributed by atoms with Crippen LogP contribution < -0.4 is 0 Å². The lowest BCUT2D eigenvalue weighted by Crippen LogP contribution is -2.52. The third-order valence-electron chi connectivity index (χ3n) is 8.84. The van der Waals surface area contributed by atoms with Crippen molar-refractivity contribution in [2.75, 3.05) is 19.7 Å². The number of Topliss-reactive ketones (excluding diaryl/α,β-unsaturated/α-hetero) is 1. The summed E-state index contributed by atoms with van der Waals surface area (Å²) in [4.78, 5) is 57.0. The van der Waals surface area contributed by atoms with Gasteiger partial charge in [-0.25, -0.2) is 14.8 Å². The fraction of sp³-hybridized carbons (Fsp3) is 0.250. The van der Waals surface area contributed by atoms with Crippen molar-refractivity contribution < 1.29 is 29.0 Å². The first-order valence-electron chi connectivity index (χ1n) is 16.9. The molecule has 1 N–H and O–H groups in total. The Balaban J connectivity index is 0.000000328. The van der Waals surface area contributed by atoms with Crippen LogP contribution in [0, 0.1) is 0 Å². The van der Waals surface area contributed by atoms with Crippen LogP contribution in [0.3, 0.4) is 0 Å². The van der Waals surface area contributed by atoms with Gasteiger partial charge in [0.05, 0.1) is 12.1 Å². The lowest BCUT2D eigenvalue weighted by Gasteiger charge is -2.47. The summed E-state index contributed by atoms with van der Waals surface area (Å²) in [5.41, 5.74) is 3.46. The van der Waals surface area contributed by atoms with E-state index in [1.165, 1.54) is 17.0 Å². The molecule has 262 valence electrons. The van der Waals surface area contributed by atoms with Crippen LogP contribution in [-0.4, -0.2) is 72.8 Å². The quantitative estimate of drug-likeness (QED) is 0.0744. The average molecular weight is 688 g/mol. The summed E-state index contributed by atoms with van der Waals surface area (Å²) >= 11 is 0. The zero-order valence-electron chi connectivity index (χ0n) is 28.7. The number of likely N-dealkylation sites (tertiary alicyclic amines) is 1. The molecule has 11 heteroatoms. The Kier molecular flexibility index (Phi) is 12.2. The number of nitrogens with zero attached hydrogens (tertiary/aromatic N) is 5. The van der Waals surface area contributed by atoms with Gasteiger partial charge in [0.2, 0.25) is 0 Å². The number of carbonyl (C=O) groups excluding carboxylic acids is 3. The van der Waals surface area contributed by atoms with E-state index in [4.69, 9.17) is 9.84 Å². The van der Waals surface area contributed by atoms with E-state index < -0.39 is 17.6 Å². The molecular formula is C40H41N5O6. The van der Waals surface area contributed by atoms with Gasteiger partial charge in [0, 0.05) is 49.9 Å². The number of imidazole rings is 2. The van der Waals surface area contributed by atoms with Crippen LogP contribution in [0.1, 0.15) is 65.9 Å². The molecule has 51 heavy (non-hydrogen) atoms. The Hall–Kier alpha value is -5.94. The van der Waals surface area contributed by atoms with Crippen molar-refractivity contribution in [2.45, 2.75) is 44.8 Å². The Morgan fingerprint density at radius 1 is 0.863 bits per heavy atom. The van der Waals surface area contributed by atoms with Crippen LogP contribution in [0.4, 0.5) is 0 Å². The highest BCUT2D eigenvalue weighted by atomic mass is 16.5. The molecule has 1 saturated heterocycles. The molecule has 1 aliphatic rings. The Bertz CT molecular complexity index is 1860. The van der Waals surface area contributed by atoms with E-state index in [-0.39, 0.29) is 24.1 Å². The van der Waals surface area contributed by atoms with E-state index in [2.05, 4.69) is 87.7 Å². The molecule has 0 bridgehead atoms. The van der Waals surface area contributed by atoms with Gasteiger partial charge in [-0.15, -0.1) is 0 Å². The number of carbonyl (C=O) groups is 4. The summed E-state index contributed by atoms with van der Waals surface area (Å²) < 4.78 is 8.18. The van der Waals surface area contributed by atoms with Crippen molar-refractivity contribution in [1.82, 2.24) is 24.0 Å². The summed E-state index contributed by atoms with van der Waals surface area (Å²) in [5, 5.41) is 8.80. The number of benzene rings is 3. The van der Waals surface area contributed by atoms with Crippen LogP contribution in [-0.2, 0) is 31.2 Å². The number of aromatic nitrogens is 4. The Morgan fingerprint density at radius 3 is 1.92 bits per heavy atom. The van der Waals surface area contributed by atoms with Gasteiger partial charge in [-0.2, -0.15) is 0 Å². The molecule has 3 aromatic carbocycles. The number of carboxylic acids is 1. The summed E-state index contributed by atoms with van der Waals surface area (Å²) in [6.45, 7) is 4.93. The number of esters is 1. The molecule has 0 saturated carbocycles. The molecule has 0 amide bonds. The van der Waals surface area contributed by atoms with E-state index in [1.54, 1.807) is 30.8 Å². The second-order valence-corrected chi connectivity index (χ2v) is 11.9. The minimum Gasteiger partial charge on any atom is -0.480 e. The van der Waals surface area contributed by atoms with Crippen molar-refractivity contribution in [1.29, 1.82) is 0 Å². The zero-order chi connectivity index (χ0) is 36.2. The maximum absolute atomic E-state index is 13.2. The molecule has 6 rings (SSSR count). The van der Waals surface area contributed by atoms with Crippen molar-refractivity contribution in [3.63, 3.8) is 0 Å². The van der Waals surface area contributed by atoms with E-state index >= 15 is 0 Å². The third kappa shape index (κ3) is 8.11. The zero-order valence-corrected chi connectivity index (χ0v) is 28.7. The molecule has 1 aliphatic heterocycles. The molecule has 1 fully saturated rings. The molecular weight excluding hydrogens is 646 g/mol. The molecule has 3 heterocycles. The van der Waals surface area contributed by atoms with Gasteiger partial charge in [-0.05, 0) is 36.1 Å². The smallest absolute Gasteiger partial charge is 0.326 e. The normalized spacial score (nSPS) is 14.7. The predicted molar refractivity (Wildman–Crippen MR) is 192 cm³/mol. The largest absolute Gasteiger partial charge is 0.480 e. The van der Waals surface area contributed by atoms with Gasteiger partial charge >= 0.3 is 11.9 Å². The number of aldehydes is 1. The first kappa shape index (κ1) is 36.3. The molecule has 0 spiro atoms. The number of piperidine rings is 1. The van der Waals surface area contributed by atoms with Gasteiger partial charge in [-0.3, -0.25) is 19.3 Å². The second kappa shape index (κ2) is 17.1. The van der Waals surface area contributed by atoms with E-state index in [0.29, 0.717) is 50.2 Å². The summed E-state index contributed by atoms with van der Waals surface area (Å²) in [7, 11) is 0. The third-order valence-corrected chi connectivity index (χ3v) is 8.84. The number of ketones is 1. The lowest BCUT2D eigenvalue weighted by atomic mass is 9.74. The second-order valence-electron chi connectivity index (χ2n) is 11.9. The minimum absolute atomic E-state index is 0.0485. The highest BCUT2D eigenvalue weighted by Gasteiger charge is 2.44. The fourth-order valence-electron chi connectivity index (χ4n) is 6.53. The summed E-state index contributed by atoms with van der Waals surface area (Å²) in [5.74, 6) is -0.487. The molecule has 0 radical (unpaired) electrons. The lowest BCUT2D eigenvalue weighted by molar-refractivity contribution is -0.144. The standard InChI is InChI=1S/C32H31N3O3.C8H10N2O3/c1-2-38-31(37)24-34-21-19-33-30(34)22-25-23-35(20-18-29(25)36)32(26-12-6-3-7-13-26,27-14-8-4-9-15-27)28-16-10-5-11-17-28;1-2-6(8(12)13)10-4-3-9-7(10)5-11/h3-17,19,21-22H,2,18,20,23-24H2,1H3;3-6H,2H2,1H3,(H,12,13). The van der Waals surface area contributed by atoms with Crippen LogP contribution in [0.15, 0.2) is 121 Å². The molecule has 11 nitrogen and oxygen atoms in total. The molecule has 5 aromatic rings. The average Bonchev–Trinajstić information content (AvgIpc) is 3.81. The van der Waals surface area contributed by atoms with Gasteiger partial charge in [0.1, 0.15) is 18.4 Å². The van der Waals surface area contributed by atoms with E-state index in [9.17, 15) is 19.2 Å². The number of hydrogen-bond acceptors (Lipinski definition) is 8. The van der Waals surface area contributed by atoms with Crippen LogP contribution >= 0.6 is 0 Å². The fourth-order valence-corrected chi connectivity index (χ4v) is 6.53. The monoisotopic (exact) mass is 687 g/mol. The number of ether oxygens (including phenoxy) is 1. The first-order chi connectivity index (χ1) is 24.8. The van der Waals surface area contributed by atoms with Gasteiger partial charge in [0.25, 0.3) is 0 Å². The van der Waals surface area contributed by atoms with E-state index in [0.717, 1.165) is 16.7 Å². The van der Waals surface area contributed by atoms with Crippen LogP contribution in [0.25, 0.3) is 6.08 Å². The van der Waals surface area contributed by atoms with Crippen molar-refractivity contribution in [3.05, 3.63) is 150 Å². The molecule has 0 aliphatic carbocycles. The van der Waals surface area contributed by atoms with Crippen molar-refractivity contribution >= 4 is 30.1 Å². The topological polar surface area (TPSA) is 137 Å². The molecule has 1 unspecified atom stereocenters. The number of rotatable bonds is 12. The maximum atomic E-state index is 13.2. The highest BCUT2D eigenvalue weighted by molar-refractivity contribution is 6.00. The van der Waals surface area contributed by atoms with Crippen molar-refractivity contribution in [3.8, 4) is 0 Å². The van der Waals surface area contributed by atoms with Gasteiger partial charge in [0.15, 0.2) is 17.9 Å². The summed E-state index contributed by atoms with van der Waals surface area (Å²) in [6.07, 6.45) is 9.45. The number of carboxylic acid groups (broad SMARTS) is 1. The number of aliphatic carboxylic acids is 1. The predicted octanol–water partition coefficient (Wildman–Crippen LogP) is 5.83. The van der Waals surface area contributed by atoms with Crippen LogP contribution in [0.2, 0.25) is 0 Å². The molecule has 2 aromatic heterocycles.